The maximum absolute atomic E-state index is 13.9. The number of methoxy groups -OCH3 is 1. The number of halogens is 2. The van der Waals surface area contributed by atoms with Crippen molar-refractivity contribution in [2.24, 2.45) is 5.73 Å². The SMILES string of the molecule is COCC1(CC(N)=O)CN(C(=O)c2c(F)cccc2Cl)CCO1. The minimum atomic E-state index is -1.04. The van der Waals surface area contributed by atoms with Gasteiger partial charge in [-0.05, 0) is 12.1 Å². The molecule has 23 heavy (non-hydrogen) atoms. The second-order valence-electron chi connectivity index (χ2n) is 5.43. The van der Waals surface area contributed by atoms with E-state index in [2.05, 4.69) is 0 Å². The van der Waals surface area contributed by atoms with Crippen LogP contribution in [0.1, 0.15) is 16.8 Å². The van der Waals surface area contributed by atoms with Crippen molar-refractivity contribution < 1.29 is 23.5 Å². The van der Waals surface area contributed by atoms with Crippen LogP contribution in [0.2, 0.25) is 5.02 Å². The van der Waals surface area contributed by atoms with Gasteiger partial charge in [-0.2, -0.15) is 0 Å². The van der Waals surface area contributed by atoms with E-state index in [0.717, 1.165) is 0 Å². The molecule has 0 bridgehead atoms. The van der Waals surface area contributed by atoms with E-state index in [4.69, 9.17) is 26.8 Å². The number of nitrogens with two attached hydrogens (primary N) is 1. The molecule has 1 unspecified atom stereocenters. The Morgan fingerprint density at radius 2 is 2.26 bits per heavy atom. The van der Waals surface area contributed by atoms with Crippen LogP contribution in [0.5, 0.6) is 0 Å². The van der Waals surface area contributed by atoms with Crippen LogP contribution >= 0.6 is 11.6 Å². The molecule has 1 aromatic carbocycles. The van der Waals surface area contributed by atoms with Crippen LogP contribution in [0.15, 0.2) is 18.2 Å². The van der Waals surface area contributed by atoms with E-state index in [0.29, 0.717) is 0 Å². The monoisotopic (exact) mass is 344 g/mol. The van der Waals surface area contributed by atoms with Crippen molar-refractivity contribution in [2.45, 2.75) is 12.0 Å². The highest BCUT2D eigenvalue weighted by Gasteiger charge is 2.40. The summed E-state index contributed by atoms with van der Waals surface area (Å²) >= 11 is 5.94. The van der Waals surface area contributed by atoms with E-state index >= 15 is 0 Å². The molecule has 2 amide bonds. The highest BCUT2D eigenvalue weighted by molar-refractivity contribution is 6.33. The van der Waals surface area contributed by atoms with Crippen molar-refractivity contribution in [2.75, 3.05) is 33.4 Å². The van der Waals surface area contributed by atoms with Crippen LogP contribution in [0.3, 0.4) is 0 Å². The smallest absolute Gasteiger partial charge is 0.258 e. The molecule has 6 nitrogen and oxygen atoms in total. The quantitative estimate of drug-likeness (QED) is 0.870. The number of primary amides is 1. The van der Waals surface area contributed by atoms with E-state index in [1.165, 1.54) is 30.2 Å². The lowest BCUT2D eigenvalue weighted by molar-refractivity contribution is -0.148. The van der Waals surface area contributed by atoms with Crippen molar-refractivity contribution in [3.05, 3.63) is 34.6 Å². The van der Waals surface area contributed by atoms with Gasteiger partial charge in [0.25, 0.3) is 5.91 Å². The Hall–Kier alpha value is -1.70. The largest absolute Gasteiger partial charge is 0.382 e. The normalized spacial score (nSPS) is 21.3. The Kier molecular flexibility index (Phi) is 5.56. The van der Waals surface area contributed by atoms with E-state index in [9.17, 15) is 14.0 Å². The molecule has 1 aliphatic rings. The Morgan fingerprint density at radius 1 is 1.52 bits per heavy atom. The predicted octanol–water partition coefficient (Wildman–Crippen LogP) is 1.21. The van der Waals surface area contributed by atoms with Crippen molar-refractivity contribution in [1.29, 1.82) is 0 Å². The third-order valence-corrected chi connectivity index (χ3v) is 3.93. The van der Waals surface area contributed by atoms with Crippen molar-refractivity contribution in [1.82, 2.24) is 4.90 Å². The van der Waals surface area contributed by atoms with Gasteiger partial charge < -0.3 is 20.1 Å². The number of benzene rings is 1. The fourth-order valence-electron chi connectivity index (χ4n) is 2.70. The van der Waals surface area contributed by atoms with Gasteiger partial charge in [-0.25, -0.2) is 4.39 Å². The Labute approximate surface area is 138 Å². The maximum atomic E-state index is 13.9. The first-order valence-corrected chi connectivity index (χ1v) is 7.41. The summed E-state index contributed by atoms with van der Waals surface area (Å²) in [7, 11) is 1.46. The molecule has 2 rings (SSSR count). The van der Waals surface area contributed by atoms with Crippen molar-refractivity contribution in [3.63, 3.8) is 0 Å². The first kappa shape index (κ1) is 17.7. The molecule has 0 radical (unpaired) electrons. The summed E-state index contributed by atoms with van der Waals surface area (Å²) in [5, 5.41) is 0.0359. The molecule has 0 aliphatic carbocycles. The summed E-state index contributed by atoms with van der Waals surface area (Å²) in [5.74, 6) is -1.82. The zero-order chi connectivity index (χ0) is 17.0. The standard InChI is InChI=1S/C15H18ClFN2O4/c1-22-9-15(7-12(18)20)8-19(5-6-23-15)14(21)13-10(16)3-2-4-11(13)17/h2-4H,5-9H2,1H3,(H2,18,20). The zero-order valence-electron chi connectivity index (χ0n) is 12.7. The Balaban J connectivity index is 2.26. The first-order chi connectivity index (χ1) is 10.9. The third-order valence-electron chi connectivity index (χ3n) is 3.62. The Bertz CT molecular complexity index is 589. The highest BCUT2D eigenvalue weighted by Crippen LogP contribution is 2.26. The average Bonchev–Trinajstić information content (AvgIpc) is 2.46. The van der Waals surface area contributed by atoms with Crippen LogP contribution in [-0.4, -0.2) is 55.7 Å². The van der Waals surface area contributed by atoms with Crippen LogP contribution in [-0.2, 0) is 14.3 Å². The minimum absolute atomic E-state index is 0.0359. The predicted molar refractivity (Wildman–Crippen MR) is 81.7 cm³/mol. The van der Waals surface area contributed by atoms with Gasteiger partial charge in [0.2, 0.25) is 5.91 Å². The number of nitrogens with zero attached hydrogens (tertiary/aromatic N) is 1. The van der Waals surface area contributed by atoms with Gasteiger partial charge in [-0.15, -0.1) is 0 Å². The molecule has 0 spiro atoms. The molecule has 1 saturated heterocycles. The van der Waals surface area contributed by atoms with Crippen LogP contribution in [0.25, 0.3) is 0 Å². The molecule has 1 aromatic rings. The summed E-state index contributed by atoms with van der Waals surface area (Å²) in [6, 6.07) is 4.05. The maximum Gasteiger partial charge on any atom is 0.258 e. The van der Waals surface area contributed by atoms with Gasteiger partial charge in [0.1, 0.15) is 11.4 Å². The molecule has 1 atom stereocenters. The molecule has 8 heteroatoms. The number of amides is 2. The second-order valence-corrected chi connectivity index (χ2v) is 5.84. The summed E-state index contributed by atoms with van der Waals surface area (Å²) in [6.07, 6.45) is -0.102. The highest BCUT2D eigenvalue weighted by atomic mass is 35.5. The lowest BCUT2D eigenvalue weighted by Crippen LogP contribution is -2.57. The van der Waals surface area contributed by atoms with Crippen molar-refractivity contribution in [3.8, 4) is 0 Å². The van der Waals surface area contributed by atoms with Gasteiger partial charge in [0, 0.05) is 13.7 Å². The van der Waals surface area contributed by atoms with Crippen molar-refractivity contribution >= 4 is 23.4 Å². The van der Waals surface area contributed by atoms with E-state index < -0.39 is 23.2 Å². The lowest BCUT2D eigenvalue weighted by atomic mass is 9.97. The number of ether oxygens (including phenoxy) is 2. The van der Waals surface area contributed by atoms with Crippen LogP contribution in [0.4, 0.5) is 4.39 Å². The summed E-state index contributed by atoms with van der Waals surface area (Å²) in [4.78, 5) is 25.3. The van der Waals surface area contributed by atoms with Gasteiger partial charge >= 0.3 is 0 Å². The van der Waals surface area contributed by atoms with E-state index in [1.807, 2.05) is 0 Å². The van der Waals surface area contributed by atoms with Gasteiger partial charge in [0.15, 0.2) is 0 Å². The number of hydrogen-bond donors (Lipinski definition) is 1. The van der Waals surface area contributed by atoms with E-state index in [1.54, 1.807) is 0 Å². The second kappa shape index (κ2) is 7.25. The number of carbonyl (C=O) groups excluding carboxylic acids is 2. The topological polar surface area (TPSA) is 81.9 Å². The van der Waals surface area contributed by atoms with Gasteiger partial charge in [0.05, 0.1) is 36.8 Å². The Morgan fingerprint density at radius 3 is 2.87 bits per heavy atom. The number of carbonyl (C=O) groups is 2. The molecule has 2 N–H and O–H groups in total. The van der Waals surface area contributed by atoms with Gasteiger partial charge in [-0.3, -0.25) is 9.59 Å². The fourth-order valence-corrected chi connectivity index (χ4v) is 2.95. The fraction of sp³-hybridized carbons (Fsp3) is 0.467. The summed E-state index contributed by atoms with van der Waals surface area (Å²) in [5.41, 5.74) is 4.03. The number of hydrogen-bond acceptors (Lipinski definition) is 4. The number of morpholine rings is 1. The molecule has 0 saturated carbocycles. The molecular weight excluding hydrogens is 327 g/mol. The molecule has 0 aromatic heterocycles. The zero-order valence-corrected chi connectivity index (χ0v) is 13.4. The summed E-state index contributed by atoms with van der Waals surface area (Å²) in [6.45, 7) is 0.597. The van der Waals surface area contributed by atoms with Gasteiger partial charge in [-0.1, -0.05) is 17.7 Å². The molecule has 1 fully saturated rings. The van der Waals surface area contributed by atoms with Crippen LogP contribution < -0.4 is 5.73 Å². The first-order valence-electron chi connectivity index (χ1n) is 7.03. The molecule has 1 aliphatic heterocycles. The molecule has 1 heterocycles. The molecule has 126 valence electrons. The average molecular weight is 345 g/mol. The lowest BCUT2D eigenvalue weighted by Gasteiger charge is -2.41. The summed E-state index contributed by atoms with van der Waals surface area (Å²) < 4.78 is 24.7. The minimum Gasteiger partial charge on any atom is -0.382 e. The van der Waals surface area contributed by atoms with Crippen LogP contribution in [0, 0.1) is 5.82 Å². The molecular formula is C15H18ClFN2O4. The van der Waals surface area contributed by atoms with E-state index in [-0.39, 0.29) is 43.3 Å². The third kappa shape index (κ3) is 3.99. The number of rotatable bonds is 5.